The number of imidazole rings is 1. The normalized spacial score (nSPS) is 19.6. The van der Waals surface area contributed by atoms with Crippen molar-refractivity contribution in [3.05, 3.63) is 18.2 Å². The third kappa shape index (κ3) is 2.40. The van der Waals surface area contributed by atoms with Gasteiger partial charge in [-0.3, -0.25) is 0 Å². The first-order chi connectivity index (χ1) is 7.31. The van der Waals surface area contributed by atoms with E-state index in [2.05, 4.69) is 16.5 Å². The summed E-state index contributed by atoms with van der Waals surface area (Å²) in [4.78, 5) is 4.38. The smallest absolute Gasteiger partial charge is 0.110 e. The second-order valence-corrected chi connectivity index (χ2v) is 4.54. The molecule has 84 valence electrons. The van der Waals surface area contributed by atoms with Crippen molar-refractivity contribution in [3.8, 4) is 0 Å². The van der Waals surface area contributed by atoms with Crippen LogP contribution in [0.5, 0.6) is 0 Å². The summed E-state index contributed by atoms with van der Waals surface area (Å²) in [5, 5.41) is 0. The SMILES string of the molecule is CCn1ccnc1CC(N)C1CCCC1. The van der Waals surface area contributed by atoms with E-state index in [4.69, 9.17) is 5.73 Å². The molecule has 1 saturated carbocycles. The summed E-state index contributed by atoms with van der Waals surface area (Å²) in [6, 6.07) is 0.306. The Kier molecular flexibility index (Phi) is 3.41. The molecule has 0 saturated heterocycles. The van der Waals surface area contributed by atoms with Gasteiger partial charge in [-0.05, 0) is 25.7 Å². The first kappa shape index (κ1) is 10.7. The van der Waals surface area contributed by atoms with Gasteiger partial charge in [-0.25, -0.2) is 4.98 Å². The largest absolute Gasteiger partial charge is 0.335 e. The highest BCUT2D eigenvalue weighted by atomic mass is 15.1. The Morgan fingerprint density at radius 1 is 1.53 bits per heavy atom. The second kappa shape index (κ2) is 4.79. The van der Waals surface area contributed by atoms with E-state index >= 15 is 0 Å². The van der Waals surface area contributed by atoms with E-state index in [1.54, 1.807) is 0 Å². The quantitative estimate of drug-likeness (QED) is 0.820. The van der Waals surface area contributed by atoms with Gasteiger partial charge in [0.15, 0.2) is 0 Å². The number of rotatable bonds is 4. The van der Waals surface area contributed by atoms with Crippen LogP contribution in [0.25, 0.3) is 0 Å². The van der Waals surface area contributed by atoms with Gasteiger partial charge in [0.25, 0.3) is 0 Å². The molecule has 1 aliphatic carbocycles. The molecule has 0 amide bonds. The third-order valence-electron chi connectivity index (χ3n) is 3.57. The monoisotopic (exact) mass is 207 g/mol. The molecule has 3 nitrogen and oxygen atoms in total. The Morgan fingerprint density at radius 3 is 2.93 bits per heavy atom. The highest BCUT2D eigenvalue weighted by Gasteiger charge is 2.23. The van der Waals surface area contributed by atoms with Crippen molar-refractivity contribution in [3.63, 3.8) is 0 Å². The molecule has 1 heterocycles. The van der Waals surface area contributed by atoms with Crippen molar-refractivity contribution in [2.45, 2.75) is 51.6 Å². The minimum Gasteiger partial charge on any atom is -0.335 e. The minimum absolute atomic E-state index is 0.306. The molecule has 2 rings (SSSR count). The van der Waals surface area contributed by atoms with E-state index in [1.165, 1.54) is 25.7 Å². The number of hydrogen-bond acceptors (Lipinski definition) is 2. The highest BCUT2D eigenvalue weighted by Crippen LogP contribution is 2.27. The molecule has 1 aromatic rings. The zero-order chi connectivity index (χ0) is 10.7. The van der Waals surface area contributed by atoms with Crippen molar-refractivity contribution in [2.24, 2.45) is 11.7 Å². The van der Waals surface area contributed by atoms with Gasteiger partial charge >= 0.3 is 0 Å². The van der Waals surface area contributed by atoms with Crippen LogP contribution in [0.3, 0.4) is 0 Å². The summed E-state index contributed by atoms with van der Waals surface area (Å²) < 4.78 is 2.19. The van der Waals surface area contributed by atoms with Crippen molar-refractivity contribution in [1.82, 2.24) is 9.55 Å². The van der Waals surface area contributed by atoms with E-state index in [9.17, 15) is 0 Å². The van der Waals surface area contributed by atoms with Crippen LogP contribution in [-0.4, -0.2) is 15.6 Å². The average Bonchev–Trinajstić information content (AvgIpc) is 2.87. The van der Waals surface area contributed by atoms with Crippen LogP contribution in [-0.2, 0) is 13.0 Å². The van der Waals surface area contributed by atoms with Gasteiger partial charge in [-0.2, -0.15) is 0 Å². The Morgan fingerprint density at radius 2 is 2.27 bits per heavy atom. The Balaban J connectivity index is 1.95. The molecule has 15 heavy (non-hydrogen) atoms. The fourth-order valence-corrected chi connectivity index (χ4v) is 2.58. The topological polar surface area (TPSA) is 43.8 Å². The lowest BCUT2D eigenvalue weighted by Gasteiger charge is -2.18. The lowest BCUT2D eigenvalue weighted by atomic mass is 9.96. The summed E-state index contributed by atoms with van der Waals surface area (Å²) in [6.45, 7) is 3.14. The summed E-state index contributed by atoms with van der Waals surface area (Å²) in [7, 11) is 0. The predicted molar refractivity (Wildman–Crippen MR) is 61.5 cm³/mol. The summed E-state index contributed by atoms with van der Waals surface area (Å²) in [5.41, 5.74) is 6.24. The van der Waals surface area contributed by atoms with Crippen molar-refractivity contribution in [2.75, 3.05) is 0 Å². The Bertz CT molecular complexity index is 300. The molecular weight excluding hydrogens is 186 g/mol. The van der Waals surface area contributed by atoms with Crippen LogP contribution in [0, 0.1) is 5.92 Å². The standard InChI is InChI=1S/C12H21N3/c1-2-15-8-7-14-12(15)9-11(13)10-5-3-4-6-10/h7-8,10-11H,2-6,9,13H2,1H3. The minimum atomic E-state index is 0.306. The van der Waals surface area contributed by atoms with E-state index in [0.717, 1.165) is 24.7 Å². The number of aryl methyl sites for hydroxylation is 1. The molecule has 1 aromatic heterocycles. The summed E-state index contributed by atoms with van der Waals surface area (Å²) in [5.74, 6) is 1.88. The average molecular weight is 207 g/mol. The van der Waals surface area contributed by atoms with Crippen molar-refractivity contribution in [1.29, 1.82) is 0 Å². The maximum atomic E-state index is 6.24. The molecule has 1 aliphatic rings. The molecule has 2 N–H and O–H groups in total. The van der Waals surface area contributed by atoms with Gasteiger partial charge in [0.2, 0.25) is 0 Å². The Hall–Kier alpha value is -0.830. The zero-order valence-electron chi connectivity index (χ0n) is 9.52. The van der Waals surface area contributed by atoms with Crippen LogP contribution in [0.1, 0.15) is 38.4 Å². The van der Waals surface area contributed by atoms with Crippen LogP contribution in [0.4, 0.5) is 0 Å². The highest BCUT2D eigenvalue weighted by molar-refractivity contribution is 4.96. The lowest BCUT2D eigenvalue weighted by Crippen LogP contribution is -2.31. The molecule has 0 radical (unpaired) electrons. The van der Waals surface area contributed by atoms with E-state index in [0.29, 0.717) is 6.04 Å². The molecular formula is C12H21N3. The van der Waals surface area contributed by atoms with Crippen LogP contribution < -0.4 is 5.73 Å². The van der Waals surface area contributed by atoms with E-state index < -0.39 is 0 Å². The Labute approximate surface area is 91.7 Å². The second-order valence-electron chi connectivity index (χ2n) is 4.54. The molecule has 1 atom stereocenters. The first-order valence-electron chi connectivity index (χ1n) is 6.07. The zero-order valence-corrected chi connectivity index (χ0v) is 9.52. The van der Waals surface area contributed by atoms with Gasteiger partial charge in [0.1, 0.15) is 5.82 Å². The van der Waals surface area contributed by atoms with Crippen molar-refractivity contribution < 1.29 is 0 Å². The van der Waals surface area contributed by atoms with Gasteiger partial charge in [0.05, 0.1) is 0 Å². The fraction of sp³-hybridized carbons (Fsp3) is 0.750. The number of aromatic nitrogens is 2. The van der Waals surface area contributed by atoms with Crippen LogP contribution in [0.2, 0.25) is 0 Å². The molecule has 1 fully saturated rings. The number of hydrogen-bond donors (Lipinski definition) is 1. The lowest BCUT2D eigenvalue weighted by molar-refractivity contribution is 0.418. The molecule has 1 unspecified atom stereocenters. The summed E-state index contributed by atoms with van der Waals surface area (Å²) >= 11 is 0. The van der Waals surface area contributed by atoms with Gasteiger partial charge in [0, 0.05) is 31.4 Å². The van der Waals surface area contributed by atoms with Gasteiger partial charge in [-0.1, -0.05) is 12.8 Å². The van der Waals surface area contributed by atoms with Crippen LogP contribution in [0.15, 0.2) is 12.4 Å². The van der Waals surface area contributed by atoms with Crippen LogP contribution >= 0.6 is 0 Å². The van der Waals surface area contributed by atoms with E-state index in [1.807, 2.05) is 12.4 Å². The number of nitrogens with two attached hydrogens (primary N) is 1. The van der Waals surface area contributed by atoms with E-state index in [-0.39, 0.29) is 0 Å². The fourth-order valence-electron chi connectivity index (χ4n) is 2.58. The van der Waals surface area contributed by atoms with Gasteiger partial charge < -0.3 is 10.3 Å². The van der Waals surface area contributed by atoms with Gasteiger partial charge in [-0.15, -0.1) is 0 Å². The third-order valence-corrected chi connectivity index (χ3v) is 3.57. The molecule has 0 aliphatic heterocycles. The maximum Gasteiger partial charge on any atom is 0.110 e. The first-order valence-corrected chi connectivity index (χ1v) is 6.07. The predicted octanol–water partition coefficient (Wildman–Crippen LogP) is 1.96. The molecule has 0 bridgehead atoms. The number of nitrogens with zero attached hydrogens (tertiary/aromatic N) is 2. The summed E-state index contributed by atoms with van der Waals surface area (Å²) in [6.07, 6.45) is 10.2. The van der Waals surface area contributed by atoms with Crippen molar-refractivity contribution >= 4 is 0 Å². The maximum absolute atomic E-state index is 6.24. The molecule has 0 spiro atoms. The molecule has 3 heteroatoms. The molecule has 0 aromatic carbocycles.